The lowest BCUT2D eigenvalue weighted by atomic mass is 10.4. The van der Waals surface area contributed by atoms with E-state index in [1.807, 2.05) is 0 Å². The summed E-state index contributed by atoms with van der Waals surface area (Å²) in [7, 11) is 0. The number of Topliss-reactive ketones (excluding diaryl/α,β-unsaturated/α-hetero) is 1. The van der Waals surface area contributed by atoms with Gasteiger partial charge in [0.15, 0.2) is 0 Å². The molecule has 0 heterocycles. The van der Waals surface area contributed by atoms with Gasteiger partial charge >= 0.3 is 5.97 Å². The van der Waals surface area contributed by atoms with Gasteiger partial charge in [0, 0.05) is 13.2 Å². The van der Waals surface area contributed by atoms with Crippen LogP contribution in [0.3, 0.4) is 0 Å². The zero-order valence-corrected chi connectivity index (χ0v) is 13.4. The van der Waals surface area contributed by atoms with E-state index in [-0.39, 0.29) is 44.7 Å². The van der Waals surface area contributed by atoms with E-state index < -0.39 is 5.97 Å². The molecule has 0 aliphatic heterocycles. The molecule has 1 amide bonds. The number of nitrogens with one attached hydrogen (secondary N) is 1. The van der Waals surface area contributed by atoms with Gasteiger partial charge in [-0.15, -0.1) is 0 Å². The number of hydrogen-bond donors (Lipinski definition) is 2. The van der Waals surface area contributed by atoms with E-state index in [0.29, 0.717) is 32.8 Å². The fourth-order valence-electron chi connectivity index (χ4n) is 1.30. The van der Waals surface area contributed by atoms with Gasteiger partial charge in [-0.25, -0.2) is 4.79 Å². The minimum absolute atomic E-state index is 0.0139. The second-order valence-corrected chi connectivity index (χ2v) is 4.56. The standard InChI is InChI=1S/C14H25NO8/c1-12(16)9-15-13(17)10-22-7-5-20-3-2-4-21-6-8-23-11-14(18)19/h2-11H2,1H3,(H,15,17)(H,18,19). The first-order valence-corrected chi connectivity index (χ1v) is 7.31. The molecule has 134 valence electrons. The van der Waals surface area contributed by atoms with E-state index in [2.05, 4.69) is 5.32 Å². The Morgan fingerprint density at radius 2 is 1.35 bits per heavy atom. The number of carboxylic acid groups (broad SMARTS) is 1. The Labute approximate surface area is 135 Å². The first kappa shape index (κ1) is 21.4. The molecule has 0 radical (unpaired) electrons. The highest BCUT2D eigenvalue weighted by Gasteiger charge is 2.02. The molecule has 0 saturated heterocycles. The van der Waals surface area contributed by atoms with Gasteiger partial charge in [0.05, 0.1) is 33.0 Å². The van der Waals surface area contributed by atoms with Crippen molar-refractivity contribution in [2.75, 3.05) is 59.4 Å². The number of aliphatic carboxylic acids is 1. The molecule has 0 aromatic heterocycles. The molecule has 0 saturated carbocycles. The summed E-state index contributed by atoms with van der Waals surface area (Å²) in [4.78, 5) is 32.0. The highest BCUT2D eigenvalue weighted by Crippen LogP contribution is 1.87. The predicted molar refractivity (Wildman–Crippen MR) is 79.2 cm³/mol. The van der Waals surface area contributed by atoms with Gasteiger partial charge in [-0.1, -0.05) is 0 Å². The highest BCUT2D eigenvalue weighted by molar-refractivity contribution is 5.84. The van der Waals surface area contributed by atoms with E-state index in [1.54, 1.807) is 0 Å². The summed E-state index contributed by atoms with van der Waals surface area (Å²) in [5.41, 5.74) is 0. The summed E-state index contributed by atoms with van der Waals surface area (Å²) < 4.78 is 20.4. The molecule has 23 heavy (non-hydrogen) atoms. The van der Waals surface area contributed by atoms with Crippen LogP contribution in [0.2, 0.25) is 0 Å². The van der Waals surface area contributed by atoms with E-state index in [4.69, 9.17) is 24.1 Å². The molecular weight excluding hydrogens is 310 g/mol. The second kappa shape index (κ2) is 15.3. The number of ether oxygens (including phenoxy) is 4. The van der Waals surface area contributed by atoms with Crippen molar-refractivity contribution >= 4 is 17.7 Å². The summed E-state index contributed by atoms with van der Waals surface area (Å²) in [6, 6.07) is 0. The molecule has 0 fully saturated rings. The number of carboxylic acids is 1. The minimum atomic E-state index is -1.00. The number of carbonyl (C=O) groups excluding carboxylic acids is 2. The van der Waals surface area contributed by atoms with Crippen molar-refractivity contribution < 1.29 is 38.4 Å². The molecule has 0 atom stereocenters. The third-order valence-electron chi connectivity index (χ3n) is 2.31. The van der Waals surface area contributed by atoms with Gasteiger partial charge in [-0.05, 0) is 13.3 Å². The van der Waals surface area contributed by atoms with Crippen molar-refractivity contribution in [2.45, 2.75) is 13.3 Å². The highest BCUT2D eigenvalue weighted by atomic mass is 16.5. The minimum Gasteiger partial charge on any atom is -0.480 e. The molecule has 0 spiro atoms. The Balaban J connectivity index is 3.14. The zero-order chi connectivity index (χ0) is 17.3. The Bertz CT molecular complexity index is 348. The first-order valence-electron chi connectivity index (χ1n) is 7.31. The lowest BCUT2D eigenvalue weighted by Gasteiger charge is -2.07. The van der Waals surface area contributed by atoms with Gasteiger partial charge in [-0.2, -0.15) is 0 Å². The number of hydrogen-bond acceptors (Lipinski definition) is 7. The van der Waals surface area contributed by atoms with Crippen molar-refractivity contribution in [3.63, 3.8) is 0 Å². The van der Waals surface area contributed by atoms with Crippen molar-refractivity contribution in [2.24, 2.45) is 0 Å². The maximum Gasteiger partial charge on any atom is 0.329 e. The van der Waals surface area contributed by atoms with E-state index in [0.717, 1.165) is 0 Å². The van der Waals surface area contributed by atoms with Crippen LogP contribution in [-0.2, 0) is 33.3 Å². The average molecular weight is 335 g/mol. The summed E-state index contributed by atoms with van der Waals surface area (Å²) in [6.45, 7) is 3.20. The van der Waals surface area contributed by atoms with Gasteiger partial charge in [0.25, 0.3) is 0 Å². The molecule has 2 N–H and O–H groups in total. The number of amides is 1. The zero-order valence-electron chi connectivity index (χ0n) is 13.4. The van der Waals surface area contributed by atoms with Crippen LogP contribution in [0.25, 0.3) is 0 Å². The Morgan fingerprint density at radius 3 is 1.87 bits per heavy atom. The molecule has 0 aliphatic carbocycles. The number of ketones is 1. The molecule has 0 aromatic rings. The monoisotopic (exact) mass is 335 g/mol. The second-order valence-electron chi connectivity index (χ2n) is 4.56. The van der Waals surface area contributed by atoms with Crippen molar-refractivity contribution in [3.05, 3.63) is 0 Å². The average Bonchev–Trinajstić information content (AvgIpc) is 2.49. The number of rotatable bonds is 16. The summed E-state index contributed by atoms with van der Waals surface area (Å²) >= 11 is 0. The SMILES string of the molecule is CC(=O)CNC(=O)COCCOCCCOCCOCC(=O)O. The smallest absolute Gasteiger partial charge is 0.329 e. The van der Waals surface area contributed by atoms with Crippen LogP contribution in [0.4, 0.5) is 0 Å². The molecule has 0 bridgehead atoms. The Kier molecular flexibility index (Phi) is 14.3. The summed E-state index contributed by atoms with van der Waals surface area (Å²) in [5, 5.41) is 10.7. The lowest BCUT2D eigenvalue weighted by Crippen LogP contribution is -2.31. The number of carbonyl (C=O) groups is 3. The van der Waals surface area contributed by atoms with Crippen LogP contribution in [0, 0.1) is 0 Å². The molecule has 9 heteroatoms. The van der Waals surface area contributed by atoms with E-state index in [9.17, 15) is 14.4 Å². The normalized spacial score (nSPS) is 10.5. The van der Waals surface area contributed by atoms with E-state index in [1.165, 1.54) is 6.92 Å². The Morgan fingerprint density at radius 1 is 0.826 bits per heavy atom. The van der Waals surface area contributed by atoms with Gasteiger partial charge in [-0.3, -0.25) is 9.59 Å². The van der Waals surface area contributed by atoms with E-state index >= 15 is 0 Å². The quantitative estimate of drug-likeness (QED) is 0.353. The summed E-state index contributed by atoms with van der Waals surface area (Å²) in [5.74, 6) is -1.45. The lowest BCUT2D eigenvalue weighted by molar-refractivity contribution is -0.142. The van der Waals surface area contributed by atoms with Gasteiger partial charge in [0.1, 0.15) is 19.0 Å². The molecular formula is C14H25NO8. The third-order valence-corrected chi connectivity index (χ3v) is 2.31. The fourth-order valence-corrected chi connectivity index (χ4v) is 1.30. The maximum absolute atomic E-state index is 11.2. The maximum atomic E-state index is 11.2. The van der Waals surface area contributed by atoms with Crippen LogP contribution in [0.1, 0.15) is 13.3 Å². The van der Waals surface area contributed by atoms with Crippen molar-refractivity contribution in [1.82, 2.24) is 5.32 Å². The van der Waals surface area contributed by atoms with Crippen LogP contribution < -0.4 is 5.32 Å². The van der Waals surface area contributed by atoms with Crippen LogP contribution in [0.15, 0.2) is 0 Å². The predicted octanol–water partition coefficient (Wildman–Crippen LogP) is -0.767. The first-order chi connectivity index (χ1) is 11.0. The van der Waals surface area contributed by atoms with Gasteiger partial charge in [0.2, 0.25) is 5.91 Å². The largest absolute Gasteiger partial charge is 0.480 e. The summed E-state index contributed by atoms with van der Waals surface area (Å²) in [6.07, 6.45) is 0.692. The van der Waals surface area contributed by atoms with Crippen molar-refractivity contribution in [1.29, 1.82) is 0 Å². The van der Waals surface area contributed by atoms with Gasteiger partial charge < -0.3 is 29.4 Å². The Hall–Kier alpha value is -1.55. The third kappa shape index (κ3) is 18.4. The van der Waals surface area contributed by atoms with Crippen LogP contribution in [-0.4, -0.2) is 82.2 Å². The topological polar surface area (TPSA) is 120 Å². The molecule has 0 aliphatic rings. The molecule has 0 aromatic carbocycles. The molecule has 0 rings (SSSR count). The van der Waals surface area contributed by atoms with Crippen LogP contribution in [0.5, 0.6) is 0 Å². The molecule has 0 unspecified atom stereocenters. The van der Waals surface area contributed by atoms with Crippen molar-refractivity contribution in [3.8, 4) is 0 Å². The van der Waals surface area contributed by atoms with Crippen LogP contribution >= 0.6 is 0 Å². The fraction of sp³-hybridized carbons (Fsp3) is 0.786. The molecule has 9 nitrogen and oxygen atoms in total.